The fourth-order valence-corrected chi connectivity index (χ4v) is 3.37. The summed E-state index contributed by atoms with van der Waals surface area (Å²) in [6.07, 6.45) is 6.28. The second-order valence-corrected chi connectivity index (χ2v) is 6.22. The Balaban J connectivity index is 1.93. The van der Waals surface area contributed by atoms with E-state index in [1.54, 1.807) is 6.07 Å². The largest absolute Gasteiger partial charge is 0.382 e. The van der Waals surface area contributed by atoms with Gasteiger partial charge >= 0.3 is 0 Å². The standard InChI is InChI=1S/C15H18ClFN2O/c16-10-7-12-13(8-11(10)17)19-14(20)15(9-18-12)5-3-1-2-4-6-15/h7-8,18H,1-6,9H2,(H,19,20). The van der Waals surface area contributed by atoms with Gasteiger partial charge in [0.15, 0.2) is 0 Å². The van der Waals surface area contributed by atoms with Crippen LogP contribution in [0.15, 0.2) is 12.1 Å². The van der Waals surface area contributed by atoms with Crippen molar-refractivity contribution < 1.29 is 9.18 Å². The normalized spacial score (nSPS) is 21.4. The Labute approximate surface area is 122 Å². The molecule has 1 saturated carbocycles. The maximum atomic E-state index is 13.6. The molecule has 0 atom stereocenters. The number of hydrogen-bond acceptors (Lipinski definition) is 2. The van der Waals surface area contributed by atoms with Gasteiger partial charge in [-0.2, -0.15) is 0 Å². The molecule has 3 rings (SSSR count). The second kappa shape index (κ2) is 5.24. The molecule has 3 nitrogen and oxygen atoms in total. The lowest BCUT2D eigenvalue weighted by Gasteiger charge is -2.29. The van der Waals surface area contributed by atoms with Crippen molar-refractivity contribution in [2.45, 2.75) is 38.5 Å². The van der Waals surface area contributed by atoms with E-state index in [-0.39, 0.29) is 16.3 Å². The van der Waals surface area contributed by atoms with Crippen LogP contribution >= 0.6 is 11.6 Å². The molecule has 108 valence electrons. The van der Waals surface area contributed by atoms with E-state index in [9.17, 15) is 9.18 Å². The fraction of sp³-hybridized carbons (Fsp3) is 0.533. The molecule has 1 aliphatic carbocycles. The fourth-order valence-electron chi connectivity index (χ4n) is 3.21. The Morgan fingerprint density at radius 1 is 1.10 bits per heavy atom. The topological polar surface area (TPSA) is 41.1 Å². The Hall–Kier alpha value is -1.29. The first-order chi connectivity index (χ1) is 9.61. The van der Waals surface area contributed by atoms with Gasteiger partial charge in [0.05, 0.1) is 21.8 Å². The average molecular weight is 297 g/mol. The zero-order chi connectivity index (χ0) is 14.2. The molecule has 0 unspecified atom stereocenters. The summed E-state index contributed by atoms with van der Waals surface area (Å²) < 4.78 is 13.6. The monoisotopic (exact) mass is 296 g/mol. The summed E-state index contributed by atoms with van der Waals surface area (Å²) in [6.45, 7) is 0.591. The highest BCUT2D eigenvalue weighted by Gasteiger charge is 2.40. The minimum absolute atomic E-state index is 0.00683. The first kappa shape index (κ1) is 13.7. The molecule has 1 aromatic carbocycles. The predicted molar refractivity (Wildman–Crippen MR) is 78.7 cm³/mol. The first-order valence-corrected chi connectivity index (χ1v) is 7.53. The quantitative estimate of drug-likeness (QED) is 0.754. The first-order valence-electron chi connectivity index (χ1n) is 7.15. The second-order valence-electron chi connectivity index (χ2n) is 5.81. The van der Waals surface area contributed by atoms with Gasteiger partial charge < -0.3 is 10.6 Å². The maximum absolute atomic E-state index is 13.6. The van der Waals surface area contributed by atoms with Crippen LogP contribution < -0.4 is 10.6 Å². The Morgan fingerprint density at radius 2 is 1.80 bits per heavy atom. The lowest BCUT2D eigenvalue weighted by atomic mass is 9.79. The highest BCUT2D eigenvalue weighted by molar-refractivity contribution is 6.31. The van der Waals surface area contributed by atoms with E-state index in [1.807, 2.05) is 0 Å². The number of anilines is 2. The molecule has 20 heavy (non-hydrogen) atoms. The minimum atomic E-state index is -0.510. The number of nitrogens with one attached hydrogen (secondary N) is 2. The molecule has 1 heterocycles. The third-order valence-corrected chi connectivity index (χ3v) is 4.76. The van der Waals surface area contributed by atoms with Crippen LogP contribution in [0, 0.1) is 11.2 Å². The van der Waals surface area contributed by atoms with Crippen LogP contribution in [-0.2, 0) is 4.79 Å². The molecule has 1 fully saturated rings. The molecule has 0 aromatic heterocycles. The summed E-state index contributed by atoms with van der Waals surface area (Å²) in [4.78, 5) is 12.6. The van der Waals surface area contributed by atoms with Crippen molar-refractivity contribution in [2.24, 2.45) is 5.41 Å². The van der Waals surface area contributed by atoms with E-state index in [1.165, 1.54) is 18.9 Å². The van der Waals surface area contributed by atoms with Gasteiger partial charge in [-0.25, -0.2) is 4.39 Å². The van der Waals surface area contributed by atoms with Crippen molar-refractivity contribution in [1.82, 2.24) is 0 Å². The Bertz CT molecular complexity index is 539. The van der Waals surface area contributed by atoms with Crippen molar-refractivity contribution in [3.63, 3.8) is 0 Å². The molecule has 0 saturated heterocycles. The van der Waals surface area contributed by atoms with Gasteiger partial charge in [-0.15, -0.1) is 0 Å². The van der Waals surface area contributed by atoms with Gasteiger partial charge in [-0.05, 0) is 18.9 Å². The number of hydrogen-bond donors (Lipinski definition) is 2. The van der Waals surface area contributed by atoms with E-state index < -0.39 is 5.82 Å². The molecule has 0 bridgehead atoms. The molecule has 0 radical (unpaired) electrons. The van der Waals surface area contributed by atoms with Crippen molar-refractivity contribution in [3.8, 4) is 0 Å². The Morgan fingerprint density at radius 3 is 2.50 bits per heavy atom. The summed E-state index contributed by atoms with van der Waals surface area (Å²) in [6, 6.07) is 2.83. The van der Waals surface area contributed by atoms with Crippen molar-refractivity contribution >= 4 is 28.9 Å². The number of rotatable bonds is 0. The van der Waals surface area contributed by atoms with Crippen LogP contribution in [0.1, 0.15) is 38.5 Å². The third-order valence-electron chi connectivity index (χ3n) is 4.47. The van der Waals surface area contributed by atoms with Crippen LogP contribution in [-0.4, -0.2) is 12.5 Å². The van der Waals surface area contributed by atoms with Gasteiger partial charge in [-0.1, -0.05) is 37.3 Å². The number of benzene rings is 1. The lowest BCUT2D eigenvalue weighted by Crippen LogP contribution is -2.39. The SMILES string of the molecule is O=C1Nc2cc(F)c(Cl)cc2NCC12CCCCCC2. The van der Waals surface area contributed by atoms with Crippen molar-refractivity contribution in [2.75, 3.05) is 17.2 Å². The Kier molecular flexibility index (Phi) is 3.59. The smallest absolute Gasteiger partial charge is 0.232 e. The number of fused-ring (bicyclic) bond motifs is 1. The molecular formula is C15H18ClFN2O. The summed E-state index contributed by atoms with van der Waals surface area (Å²) in [5.41, 5.74) is 0.808. The van der Waals surface area contributed by atoms with Gasteiger partial charge in [-0.3, -0.25) is 4.79 Å². The molecule has 1 aromatic rings. The van der Waals surface area contributed by atoms with Crippen LogP contribution in [0.5, 0.6) is 0 Å². The van der Waals surface area contributed by atoms with Crippen LogP contribution in [0.4, 0.5) is 15.8 Å². The van der Waals surface area contributed by atoms with Crippen molar-refractivity contribution in [3.05, 3.63) is 23.0 Å². The van der Waals surface area contributed by atoms with Gasteiger partial charge in [0.25, 0.3) is 0 Å². The molecular weight excluding hydrogens is 279 g/mol. The molecule has 2 N–H and O–H groups in total. The molecule has 5 heteroatoms. The van der Waals surface area contributed by atoms with Gasteiger partial charge in [0, 0.05) is 12.6 Å². The van der Waals surface area contributed by atoms with Gasteiger partial charge in [0.1, 0.15) is 5.82 Å². The van der Waals surface area contributed by atoms with E-state index >= 15 is 0 Å². The van der Waals surface area contributed by atoms with E-state index in [2.05, 4.69) is 10.6 Å². The summed E-state index contributed by atoms with van der Waals surface area (Å²) in [5, 5.41) is 6.23. The highest BCUT2D eigenvalue weighted by Crippen LogP contribution is 2.40. The van der Waals surface area contributed by atoms with Crippen LogP contribution in [0.2, 0.25) is 5.02 Å². The zero-order valence-electron chi connectivity index (χ0n) is 11.3. The number of carbonyl (C=O) groups is 1. The third kappa shape index (κ3) is 2.37. The van der Waals surface area contributed by atoms with Crippen LogP contribution in [0.3, 0.4) is 0 Å². The molecule has 1 aliphatic heterocycles. The minimum Gasteiger partial charge on any atom is -0.382 e. The van der Waals surface area contributed by atoms with E-state index in [4.69, 9.17) is 11.6 Å². The average Bonchev–Trinajstić information content (AvgIpc) is 2.73. The zero-order valence-corrected chi connectivity index (χ0v) is 12.0. The summed E-state index contributed by atoms with van der Waals surface area (Å²) >= 11 is 5.81. The van der Waals surface area contributed by atoms with Gasteiger partial charge in [0.2, 0.25) is 5.91 Å². The van der Waals surface area contributed by atoms with Crippen LogP contribution in [0.25, 0.3) is 0 Å². The van der Waals surface area contributed by atoms with E-state index in [0.717, 1.165) is 25.7 Å². The maximum Gasteiger partial charge on any atom is 0.232 e. The molecule has 1 amide bonds. The number of halogens is 2. The van der Waals surface area contributed by atoms with E-state index in [0.29, 0.717) is 17.9 Å². The lowest BCUT2D eigenvalue weighted by molar-refractivity contribution is -0.125. The number of amides is 1. The highest BCUT2D eigenvalue weighted by atomic mass is 35.5. The molecule has 2 aliphatic rings. The predicted octanol–water partition coefficient (Wildman–Crippen LogP) is 4.18. The summed E-state index contributed by atoms with van der Waals surface area (Å²) in [5.74, 6) is -0.503. The molecule has 1 spiro atoms. The van der Waals surface area contributed by atoms with Crippen molar-refractivity contribution in [1.29, 1.82) is 0 Å². The number of carbonyl (C=O) groups excluding carboxylic acids is 1. The summed E-state index contributed by atoms with van der Waals surface area (Å²) in [7, 11) is 0.